The Morgan fingerprint density at radius 3 is 2.56 bits per heavy atom. The van der Waals surface area contributed by atoms with E-state index < -0.39 is 0 Å². The molecule has 0 saturated carbocycles. The van der Waals surface area contributed by atoms with Gasteiger partial charge in [0, 0.05) is 20.1 Å². The Hall–Kier alpha value is -0.810. The van der Waals surface area contributed by atoms with Gasteiger partial charge in [0.05, 0.1) is 29.9 Å². The Kier molecular flexibility index (Phi) is 3.10. The van der Waals surface area contributed by atoms with E-state index >= 15 is 0 Å². The van der Waals surface area contributed by atoms with Crippen LogP contribution in [0.4, 0.5) is 0 Å². The van der Waals surface area contributed by atoms with Crippen LogP contribution in [0.25, 0.3) is 0 Å². The highest BCUT2D eigenvalue weighted by molar-refractivity contribution is 5.81. The molecule has 1 fully saturated rings. The van der Waals surface area contributed by atoms with Crippen LogP contribution >= 0.6 is 0 Å². The number of rotatable bonds is 3. The summed E-state index contributed by atoms with van der Waals surface area (Å²) in [6, 6.07) is 0. The third-order valence-corrected chi connectivity index (χ3v) is 4.19. The van der Waals surface area contributed by atoms with Crippen LogP contribution in [0, 0.1) is 0 Å². The fourth-order valence-electron chi connectivity index (χ4n) is 3.52. The summed E-state index contributed by atoms with van der Waals surface area (Å²) in [5.74, 6) is 0.612. The van der Waals surface area contributed by atoms with Crippen molar-refractivity contribution in [3.05, 3.63) is 0 Å². The number of hydrogen-bond acceptors (Lipinski definition) is 5. The lowest BCUT2D eigenvalue weighted by Crippen LogP contribution is -2.61. The van der Waals surface area contributed by atoms with Crippen LogP contribution in [-0.2, 0) is 9.47 Å². The van der Waals surface area contributed by atoms with Crippen molar-refractivity contribution in [1.29, 1.82) is 0 Å². The molecule has 1 unspecified atom stereocenters. The van der Waals surface area contributed by atoms with E-state index in [1.165, 1.54) is 0 Å². The van der Waals surface area contributed by atoms with Gasteiger partial charge in [-0.25, -0.2) is 0 Å². The van der Waals surface area contributed by atoms with Gasteiger partial charge >= 0.3 is 0 Å². The van der Waals surface area contributed by atoms with Crippen molar-refractivity contribution < 1.29 is 9.47 Å². The van der Waals surface area contributed by atoms with Crippen LogP contribution in [0.3, 0.4) is 0 Å². The number of nitrogens with zero attached hydrogens (tertiary/aromatic N) is 2. The topological polar surface area (TPSA) is 60.1 Å². The van der Waals surface area contributed by atoms with Crippen molar-refractivity contribution in [3.63, 3.8) is 0 Å². The molecule has 5 heteroatoms. The van der Waals surface area contributed by atoms with Crippen molar-refractivity contribution in [3.8, 4) is 0 Å². The lowest BCUT2D eigenvalue weighted by Gasteiger charge is -2.44. The Morgan fingerprint density at radius 1 is 1.39 bits per heavy atom. The van der Waals surface area contributed by atoms with Crippen LogP contribution in [0.5, 0.6) is 0 Å². The molecule has 104 valence electrons. The Bertz CT molecular complexity index is 365. The minimum Gasteiger partial charge on any atom is -0.383 e. The monoisotopic (exact) mass is 255 g/mol. The molecule has 0 aromatic rings. The van der Waals surface area contributed by atoms with E-state index in [1.54, 1.807) is 7.11 Å². The molecule has 0 aliphatic carbocycles. The third-order valence-electron chi connectivity index (χ3n) is 4.19. The lowest BCUT2D eigenvalue weighted by molar-refractivity contribution is -0.0926. The first-order chi connectivity index (χ1) is 8.24. The first-order valence-electron chi connectivity index (χ1n) is 6.51. The molecule has 2 rings (SSSR count). The fourth-order valence-corrected chi connectivity index (χ4v) is 3.52. The number of ether oxygens (including phenoxy) is 2. The second-order valence-corrected chi connectivity index (χ2v) is 6.40. The summed E-state index contributed by atoms with van der Waals surface area (Å²) in [7, 11) is 1.70. The molecule has 1 atom stereocenters. The van der Waals surface area contributed by atoms with E-state index in [9.17, 15) is 0 Å². The minimum atomic E-state index is -0.269. The lowest BCUT2D eigenvalue weighted by atomic mass is 9.78. The number of guanidine groups is 1. The molecule has 0 aromatic carbocycles. The highest BCUT2D eigenvalue weighted by Crippen LogP contribution is 2.50. The van der Waals surface area contributed by atoms with Gasteiger partial charge in [-0.1, -0.05) is 0 Å². The normalized spacial score (nSPS) is 33.2. The first kappa shape index (κ1) is 13.6. The standard InChI is InChI=1S/C13H25N3O2/c1-11(2)8-13(12(3,4)18-11)9-15-10(14)16(13)6-7-17-5/h6-9H2,1-5H3,(H2,14,15). The highest BCUT2D eigenvalue weighted by atomic mass is 16.5. The molecule has 2 aliphatic heterocycles. The maximum Gasteiger partial charge on any atom is 0.192 e. The van der Waals surface area contributed by atoms with Gasteiger partial charge in [0.1, 0.15) is 0 Å². The van der Waals surface area contributed by atoms with E-state index in [0.717, 1.165) is 13.0 Å². The molecule has 2 aliphatic rings. The molecule has 2 N–H and O–H groups in total. The molecule has 0 radical (unpaired) electrons. The van der Waals surface area contributed by atoms with Gasteiger partial charge < -0.3 is 20.1 Å². The van der Waals surface area contributed by atoms with Crippen molar-refractivity contribution >= 4 is 5.96 Å². The van der Waals surface area contributed by atoms with E-state index in [2.05, 4.69) is 37.6 Å². The summed E-state index contributed by atoms with van der Waals surface area (Å²) in [5.41, 5.74) is 5.50. The molecule has 2 heterocycles. The number of nitrogens with two attached hydrogens (primary N) is 1. The summed E-state index contributed by atoms with van der Waals surface area (Å²) < 4.78 is 11.4. The van der Waals surface area contributed by atoms with Crippen LogP contribution in [0.15, 0.2) is 4.99 Å². The summed E-state index contributed by atoms with van der Waals surface area (Å²) >= 11 is 0. The van der Waals surface area contributed by atoms with Gasteiger partial charge in [0.2, 0.25) is 0 Å². The van der Waals surface area contributed by atoms with Crippen LogP contribution in [0.2, 0.25) is 0 Å². The molecule has 0 bridgehead atoms. The maximum atomic E-state index is 6.22. The number of hydrogen-bond donors (Lipinski definition) is 1. The Labute approximate surface area is 109 Å². The van der Waals surface area contributed by atoms with Crippen LogP contribution in [-0.4, -0.2) is 54.4 Å². The van der Waals surface area contributed by atoms with Crippen LogP contribution < -0.4 is 5.73 Å². The quantitative estimate of drug-likeness (QED) is 0.816. The smallest absolute Gasteiger partial charge is 0.192 e. The second kappa shape index (κ2) is 4.10. The Balaban J connectivity index is 2.30. The predicted molar refractivity (Wildman–Crippen MR) is 71.7 cm³/mol. The average molecular weight is 255 g/mol. The summed E-state index contributed by atoms with van der Waals surface area (Å²) in [6.07, 6.45) is 0.931. The molecule has 0 amide bonds. The average Bonchev–Trinajstić information content (AvgIpc) is 2.61. The molecule has 0 aromatic heterocycles. The van der Waals surface area contributed by atoms with E-state index in [4.69, 9.17) is 15.2 Å². The molecule has 5 nitrogen and oxygen atoms in total. The van der Waals surface area contributed by atoms with E-state index in [0.29, 0.717) is 19.1 Å². The number of aliphatic imine (C=N–C) groups is 1. The van der Waals surface area contributed by atoms with Crippen LogP contribution in [0.1, 0.15) is 34.1 Å². The van der Waals surface area contributed by atoms with Gasteiger partial charge in [-0.15, -0.1) is 0 Å². The second-order valence-electron chi connectivity index (χ2n) is 6.40. The van der Waals surface area contributed by atoms with Gasteiger partial charge in [0.25, 0.3) is 0 Å². The predicted octanol–water partition coefficient (Wildman–Crippen LogP) is 0.979. The Morgan fingerprint density at radius 2 is 2.06 bits per heavy atom. The molecule has 1 spiro atoms. The largest absolute Gasteiger partial charge is 0.383 e. The third kappa shape index (κ3) is 1.89. The van der Waals surface area contributed by atoms with Crippen molar-refractivity contribution in [1.82, 2.24) is 4.90 Å². The van der Waals surface area contributed by atoms with Crippen molar-refractivity contribution in [2.24, 2.45) is 10.7 Å². The molecule has 1 saturated heterocycles. The van der Waals surface area contributed by atoms with E-state index in [-0.39, 0.29) is 16.7 Å². The molecule has 18 heavy (non-hydrogen) atoms. The molecular formula is C13H25N3O2. The van der Waals surface area contributed by atoms with Gasteiger partial charge in [-0.3, -0.25) is 4.99 Å². The zero-order valence-electron chi connectivity index (χ0n) is 12.1. The minimum absolute atomic E-state index is 0.140. The van der Waals surface area contributed by atoms with Gasteiger partial charge in [0.15, 0.2) is 5.96 Å². The zero-order chi connectivity index (χ0) is 13.6. The highest BCUT2D eigenvalue weighted by Gasteiger charge is 2.62. The number of methoxy groups -OCH3 is 1. The van der Waals surface area contributed by atoms with Gasteiger partial charge in [-0.05, 0) is 27.7 Å². The van der Waals surface area contributed by atoms with Gasteiger partial charge in [-0.2, -0.15) is 0 Å². The van der Waals surface area contributed by atoms with E-state index in [1.807, 2.05) is 0 Å². The summed E-state index contributed by atoms with van der Waals surface area (Å²) in [4.78, 5) is 6.62. The zero-order valence-corrected chi connectivity index (χ0v) is 12.1. The molecular weight excluding hydrogens is 230 g/mol. The summed E-state index contributed by atoms with van der Waals surface area (Å²) in [5, 5.41) is 0. The first-order valence-corrected chi connectivity index (χ1v) is 6.51. The van der Waals surface area contributed by atoms with Crippen molar-refractivity contribution in [2.75, 3.05) is 26.8 Å². The van der Waals surface area contributed by atoms with Crippen molar-refractivity contribution in [2.45, 2.75) is 50.9 Å². The maximum absolute atomic E-state index is 6.22. The SMILES string of the molecule is COCCN1C(N)=NCC12CC(C)(C)OC2(C)C. The summed E-state index contributed by atoms with van der Waals surface area (Å²) in [6.45, 7) is 10.6. The fraction of sp³-hybridized carbons (Fsp3) is 0.923.